The smallest absolute Gasteiger partial charge is 0.255 e. The van der Waals surface area contributed by atoms with E-state index < -0.39 is 23.7 Å². The molecule has 1 aromatic heterocycles. The van der Waals surface area contributed by atoms with E-state index in [1.54, 1.807) is 42.5 Å². The summed E-state index contributed by atoms with van der Waals surface area (Å²) in [5.41, 5.74) is 7.20. The quantitative estimate of drug-likeness (QED) is 0.521. The van der Waals surface area contributed by atoms with Crippen LogP contribution >= 0.6 is 11.6 Å². The Morgan fingerprint density at radius 3 is 2.63 bits per heavy atom. The SMILES string of the molecule is CC(C)c1cccc(-c2[nH]ncc2C(=O)N[C@@H](CC(N)=O)c2cccc(Cl)c2)c1F. The van der Waals surface area contributed by atoms with E-state index in [9.17, 15) is 9.59 Å². The van der Waals surface area contributed by atoms with Crippen molar-refractivity contribution in [3.63, 3.8) is 0 Å². The molecule has 1 atom stereocenters. The summed E-state index contributed by atoms with van der Waals surface area (Å²) in [6, 6.07) is 11.1. The van der Waals surface area contributed by atoms with Crippen molar-refractivity contribution < 1.29 is 14.0 Å². The Balaban J connectivity index is 1.94. The molecule has 0 fully saturated rings. The molecule has 156 valence electrons. The van der Waals surface area contributed by atoms with Crippen LogP contribution in [0.25, 0.3) is 11.3 Å². The topological polar surface area (TPSA) is 101 Å². The molecule has 6 nitrogen and oxygen atoms in total. The van der Waals surface area contributed by atoms with Crippen LogP contribution in [-0.4, -0.2) is 22.0 Å². The van der Waals surface area contributed by atoms with Gasteiger partial charge in [-0.3, -0.25) is 14.7 Å². The predicted octanol–water partition coefficient (Wildman–Crippen LogP) is 4.34. The van der Waals surface area contributed by atoms with Gasteiger partial charge in [0.15, 0.2) is 0 Å². The van der Waals surface area contributed by atoms with Crippen LogP contribution < -0.4 is 11.1 Å². The first-order valence-electron chi connectivity index (χ1n) is 9.44. The third-order valence-corrected chi connectivity index (χ3v) is 5.00. The number of nitrogens with zero attached hydrogens (tertiary/aromatic N) is 1. The monoisotopic (exact) mass is 428 g/mol. The maximum Gasteiger partial charge on any atom is 0.255 e. The predicted molar refractivity (Wildman–Crippen MR) is 114 cm³/mol. The number of primary amides is 1. The zero-order chi connectivity index (χ0) is 21.8. The van der Waals surface area contributed by atoms with Crippen LogP contribution in [0.3, 0.4) is 0 Å². The number of halogens is 2. The van der Waals surface area contributed by atoms with Crippen molar-refractivity contribution >= 4 is 23.4 Å². The number of aromatic nitrogens is 2. The van der Waals surface area contributed by atoms with Crippen LogP contribution in [-0.2, 0) is 4.79 Å². The number of hydrogen-bond acceptors (Lipinski definition) is 3. The first-order chi connectivity index (χ1) is 14.3. The van der Waals surface area contributed by atoms with Crippen molar-refractivity contribution in [3.05, 3.63) is 76.2 Å². The lowest BCUT2D eigenvalue weighted by Gasteiger charge is -2.18. The summed E-state index contributed by atoms with van der Waals surface area (Å²) < 4.78 is 15.0. The van der Waals surface area contributed by atoms with Gasteiger partial charge in [-0.05, 0) is 35.2 Å². The number of nitrogens with one attached hydrogen (secondary N) is 2. The Bertz CT molecular complexity index is 1080. The molecule has 0 spiro atoms. The maximum absolute atomic E-state index is 15.0. The molecule has 2 amide bonds. The normalized spacial score (nSPS) is 12.0. The summed E-state index contributed by atoms with van der Waals surface area (Å²) in [5, 5.41) is 9.88. The minimum Gasteiger partial charge on any atom is -0.370 e. The average Bonchev–Trinajstić information content (AvgIpc) is 3.16. The highest BCUT2D eigenvalue weighted by atomic mass is 35.5. The van der Waals surface area contributed by atoms with Gasteiger partial charge in [0.2, 0.25) is 5.91 Å². The Hall–Kier alpha value is -3.19. The minimum atomic E-state index is -0.691. The van der Waals surface area contributed by atoms with Gasteiger partial charge >= 0.3 is 0 Å². The van der Waals surface area contributed by atoms with Crippen LogP contribution in [0.1, 0.15) is 53.7 Å². The molecule has 0 aliphatic rings. The lowest BCUT2D eigenvalue weighted by atomic mass is 9.97. The maximum atomic E-state index is 15.0. The molecule has 1 heterocycles. The largest absolute Gasteiger partial charge is 0.370 e. The fourth-order valence-corrected chi connectivity index (χ4v) is 3.46. The van der Waals surface area contributed by atoms with Crippen LogP contribution in [0.2, 0.25) is 5.02 Å². The van der Waals surface area contributed by atoms with Gasteiger partial charge in [-0.2, -0.15) is 5.10 Å². The van der Waals surface area contributed by atoms with Gasteiger partial charge in [0.1, 0.15) is 5.82 Å². The first kappa shape index (κ1) is 21.5. The molecule has 0 bridgehead atoms. The summed E-state index contributed by atoms with van der Waals surface area (Å²) in [5.74, 6) is -1.52. The third-order valence-electron chi connectivity index (χ3n) is 4.77. The van der Waals surface area contributed by atoms with E-state index in [1.165, 1.54) is 6.20 Å². The van der Waals surface area contributed by atoms with Crippen molar-refractivity contribution in [2.45, 2.75) is 32.2 Å². The number of aromatic amines is 1. The van der Waals surface area contributed by atoms with Gasteiger partial charge in [0.25, 0.3) is 5.91 Å². The molecule has 0 saturated heterocycles. The Labute approximate surface area is 178 Å². The van der Waals surface area contributed by atoms with Crippen molar-refractivity contribution in [1.82, 2.24) is 15.5 Å². The van der Waals surface area contributed by atoms with Crippen LogP contribution in [0.5, 0.6) is 0 Å². The van der Waals surface area contributed by atoms with Gasteiger partial charge in [0, 0.05) is 10.6 Å². The average molecular weight is 429 g/mol. The van der Waals surface area contributed by atoms with Gasteiger partial charge in [-0.1, -0.05) is 49.7 Å². The van der Waals surface area contributed by atoms with Crippen LogP contribution in [0.4, 0.5) is 4.39 Å². The highest BCUT2D eigenvalue weighted by molar-refractivity contribution is 6.30. The molecular weight excluding hydrogens is 407 g/mol. The van der Waals surface area contributed by atoms with E-state index in [4.69, 9.17) is 17.3 Å². The van der Waals surface area contributed by atoms with Crippen molar-refractivity contribution in [2.75, 3.05) is 0 Å². The number of carbonyl (C=O) groups excluding carboxylic acids is 2. The van der Waals surface area contributed by atoms with E-state index in [2.05, 4.69) is 15.5 Å². The molecule has 3 aromatic rings. The first-order valence-corrected chi connectivity index (χ1v) is 9.82. The standard InChI is InChI=1S/C22H22ClFN4O2/c1-12(2)15-7-4-8-16(20(15)24)21-17(11-26-28-21)22(30)27-18(10-19(25)29)13-5-3-6-14(23)9-13/h3-9,11-12,18H,10H2,1-2H3,(H2,25,29)(H,26,28)(H,27,30)/t18-/m0/s1. The molecule has 0 unspecified atom stereocenters. The van der Waals surface area contributed by atoms with E-state index >= 15 is 4.39 Å². The van der Waals surface area contributed by atoms with Gasteiger partial charge in [-0.15, -0.1) is 0 Å². The fraction of sp³-hybridized carbons (Fsp3) is 0.227. The van der Waals surface area contributed by atoms with Gasteiger partial charge in [0.05, 0.1) is 29.9 Å². The molecule has 0 aliphatic carbocycles. The number of hydrogen-bond donors (Lipinski definition) is 3. The summed E-state index contributed by atoms with van der Waals surface area (Å²) in [6.07, 6.45) is 1.21. The number of H-pyrrole nitrogens is 1. The number of amides is 2. The highest BCUT2D eigenvalue weighted by Crippen LogP contribution is 2.30. The van der Waals surface area contributed by atoms with E-state index in [1.807, 2.05) is 13.8 Å². The Morgan fingerprint density at radius 1 is 1.23 bits per heavy atom. The number of nitrogens with two attached hydrogens (primary N) is 1. The minimum absolute atomic E-state index is 0.0204. The molecule has 8 heteroatoms. The number of carbonyl (C=O) groups is 2. The van der Waals surface area contributed by atoms with Crippen LogP contribution in [0, 0.1) is 5.82 Å². The highest BCUT2D eigenvalue weighted by Gasteiger charge is 2.23. The number of benzene rings is 2. The lowest BCUT2D eigenvalue weighted by molar-refractivity contribution is -0.118. The van der Waals surface area contributed by atoms with E-state index in [-0.39, 0.29) is 29.2 Å². The summed E-state index contributed by atoms with van der Waals surface area (Å²) in [4.78, 5) is 24.5. The fourth-order valence-electron chi connectivity index (χ4n) is 3.27. The molecule has 2 aromatic carbocycles. The van der Waals surface area contributed by atoms with Crippen molar-refractivity contribution in [2.24, 2.45) is 5.73 Å². The van der Waals surface area contributed by atoms with Crippen LogP contribution in [0.15, 0.2) is 48.7 Å². The van der Waals surface area contributed by atoms with Gasteiger partial charge < -0.3 is 11.1 Å². The molecule has 30 heavy (non-hydrogen) atoms. The van der Waals surface area contributed by atoms with E-state index in [0.717, 1.165) is 0 Å². The van der Waals surface area contributed by atoms with Crippen molar-refractivity contribution in [3.8, 4) is 11.3 Å². The second kappa shape index (κ2) is 9.09. The second-order valence-corrected chi connectivity index (χ2v) is 7.71. The molecule has 0 radical (unpaired) electrons. The molecule has 3 rings (SSSR count). The van der Waals surface area contributed by atoms with E-state index in [0.29, 0.717) is 16.1 Å². The second-order valence-electron chi connectivity index (χ2n) is 7.27. The zero-order valence-electron chi connectivity index (χ0n) is 16.6. The number of rotatable bonds is 7. The zero-order valence-corrected chi connectivity index (χ0v) is 17.3. The summed E-state index contributed by atoms with van der Waals surface area (Å²) in [7, 11) is 0. The van der Waals surface area contributed by atoms with Gasteiger partial charge in [-0.25, -0.2) is 4.39 Å². The Kier molecular flexibility index (Phi) is 6.52. The summed E-state index contributed by atoms with van der Waals surface area (Å²) in [6.45, 7) is 3.78. The van der Waals surface area contributed by atoms with Crippen molar-refractivity contribution in [1.29, 1.82) is 0 Å². The molecule has 0 saturated carbocycles. The summed E-state index contributed by atoms with van der Waals surface area (Å²) >= 11 is 6.04. The molecule has 4 N–H and O–H groups in total. The lowest BCUT2D eigenvalue weighted by Crippen LogP contribution is -2.32. The molecular formula is C22H22ClFN4O2. The Morgan fingerprint density at radius 2 is 1.97 bits per heavy atom. The third kappa shape index (κ3) is 4.68. The molecule has 0 aliphatic heterocycles.